The highest BCUT2D eigenvalue weighted by Gasteiger charge is 2.11. The van der Waals surface area contributed by atoms with Crippen molar-refractivity contribution in [3.05, 3.63) is 47.0 Å². The van der Waals surface area contributed by atoms with Crippen LogP contribution in [0.3, 0.4) is 0 Å². The second kappa shape index (κ2) is 5.23. The number of imidazole rings is 1. The van der Waals surface area contributed by atoms with Gasteiger partial charge in [0.1, 0.15) is 0 Å². The first-order chi connectivity index (χ1) is 9.28. The van der Waals surface area contributed by atoms with Gasteiger partial charge in [0, 0.05) is 12.4 Å². The Morgan fingerprint density at radius 3 is 2.25 bits per heavy atom. The molecule has 3 nitrogen and oxygen atoms in total. The van der Waals surface area contributed by atoms with Gasteiger partial charge in [0.25, 0.3) is 0 Å². The molecule has 1 aromatic carbocycles. The molecular weight excluding hydrogens is 246 g/mol. The molecule has 0 saturated heterocycles. The van der Waals surface area contributed by atoms with Gasteiger partial charge in [0.15, 0.2) is 5.82 Å². The molecule has 2 rings (SSSR count). The second-order valence-electron chi connectivity index (χ2n) is 6.33. The first-order valence-electron chi connectivity index (χ1n) is 6.95. The molecule has 0 radical (unpaired) electrons. The molecule has 0 fully saturated rings. The summed E-state index contributed by atoms with van der Waals surface area (Å²) in [5.41, 5.74) is 4.91. The Kier molecular flexibility index (Phi) is 3.80. The zero-order chi connectivity index (χ0) is 14.9. The van der Waals surface area contributed by atoms with Crippen LogP contribution in [-0.2, 0) is 0 Å². The van der Waals surface area contributed by atoms with E-state index in [2.05, 4.69) is 68.2 Å². The molecule has 0 amide bonds. The maximum absolute atomic E-state index is 4.55. The highest BCUT2D eigenvalue weighted by Crippen LogP contribution is 2.22. The molecule has 3 heteroatoms. The molecule has 0 unspecified atom stereocenters. The molecule has 1 heterocycles. The van der Waals surface area contributed by atoms with Crippen molar-refractivity contribution < 1.29 is 0 Å². The van der Waals surface area contributed by atoms with Gasteiger partial charge in [-0.05, 0) is 52.7 Å². The van der Waals surface area contributed by atoms with E-state index in [0.717, 1.165) is 5.82 Å². The number of hydrogen-bond acceptors (Lipinski definition) is 2. The normalized spacial score (nSPS) is 12.3. The number of aromatic nitrogens is 2. The summed E-state index contributed by atoms with van der Waals surface area (Å²) >= 11 is 0. The average Bonchev–Trinajstić information content (AvgIpc) is 2.72. The summed E-state index contributed by atoms with van der Waals surface area (Å²) in [5.74, 6) is 0.870. The van der Waals surface area contributed by atoms with Crippen LogP contribution in [-0.4, -0.2) is 21.3 Å². The van der Waals surface area contributed by atoms with E-state index in [-0.39, 0.29) is 5.54 Å². The fourth-order valence-corrected chi connectivity index (χ4v) is 2.40. The topological polar surface area (TPSA) is 30.2 Å². The first-order valence-corrected chi connectivity index (χ1v) is 6.95. The molecule has 0 saturated carbocycles. The minimum Gasteiger partial charge on any atom is -0.299 e. The third-order valence-corrected chi connectivity index (χ3v) is 3.11. The van der Waals surface area contributed by atoms with E-state index >= 15 is 0 Å². The van der Waals surface area contributed by atoms with Crippen molar-refractivity contribution in [2.24, 2.45) is 4.99 Å². The van der Waals surface area contributed by atoms with Crippen molar-refractivity contribution in [1.29, 1.82) is 0 Å². The lowest BCUT2D eigenvalue weighted by Gasteiger charge is -2.15. The minimum atomic E-state index is -0.0891. The smallest absolute Gasteiger partial charge is 0.155 e. The largest absolute Gasteiger partial charge is 0.299 e. The van der Waals surface area contributed by atoms with Crippen molar-refractivity contribution in [1.82, 2.24) is 9.55 Å². The fraction of sp³-hybridized carbons (Fsp3) is 0.412. The maximum atomic E-state index is 4.55. The van der Waals surface area contributed by atoms with Crippen LogP contribution in [0.1, 0.15) is 43.3 Å². The Labute approximate surface area is 121 Å². The van der Waals surface area contributed by atoms with Gasteiger partial charge >= 0.3 is 0 Å². The quantitative estimate of drug-likeness (QED) is 0.757. The molecule has 0 aliphatic carbocycles. The van der Waals surface area contributed by atoms with Gasteiger partial charge in [0.2, 0.25) is 0 Å². The highest BCUT2D eigenvalue weighted by molar-refractivity contribution is 5.76. The van der Waals surface area contributed by atoms with E-state index in [1.54, 1.807) is 0 Å². The Morgan fingerprint density at radius 2 is 1.70 bits per heavy atom. The average molecular weight is 269 g/mol. The molecule has 0 N–H and O–H groups in total. The zero-order valence-corrected chi connectivity index (χ0v) is 13.2. The summed E-state index contributed by atoms with van der Waals surface area (Å²) in [6.45, 7) is 12.6. The van der Waals surface area contributed by atoms with Gasteiger partial charge in [-0.3, -0.25) is 9.56 Å². The monoisotopic (exact) mass is 269 g/mol. The van der Waals surface area contributed by atoms with Crippen LogP contribution in [0, 0.1) is 20.8 Å². The summed E-state index contributed by atoms with van der Waals surface area (Å²) in [5, 5.41) is 0. The van der Waals surface area contributed by atoms with Gasteiger partial charge in [-0.25, -0.2) is 4.98 Å². The van der Waals surface area contributed by atoms with Crippen molar-refractivity contribution in [3.8, 4) is 5.69 Å². The zero-order valence-electron chi connectivity index (χ0n) is 13.2. The second-order valence-corrected chi connectivity index (χ2v) is 6.33. The van der Waals surface area contributed by atoms with Crippen molar-refractivity contribution in [2.75, 3.05) is 0 Å². The first kappa shape index (κ1) is 14.5. The van der Waals surface area contributed by atoms with Gasteiger partial charge in [0.05, 0.1) is 17.4 Å². The van der Waals surface area contributed by atoms with Crippen molar-refractivity contribution >= 4 is 6.21 Å². The summed E-state index contributed by atoms with van der Waals surface area (Å²) in [6.07, 6.45) is 5.68. The molecule has 20 heavy (non-hydrogen) atoms. The molecule has 2 aromatic rings. The lowest BCUT2D eigenvalue weighted by Crippen LogP contribution is -2.11. The number of aryl methyl sites for hydroxylation is 3. The third kappa shape index (κ3) is 3.16. The molecule has 0 aliphatic rings. The summed E-state index contributed by atoms with van der Waals surface area (Å²) in [6, 6.07) is 4.40. The number of hydrogen-bond donors (Lipinski definition) is 0. The lowest BCUT2D eigenvalue weighted by molar-refractivity contribution is 0.586. The summed E-state index contributed by atoms with van der Waals surface area (Å²) < 4.78 is 2.11. The third-order valence-electron chi connectivity index (χ3n) is 3.11. The predicted octanol–water partition coefficient (Wildman–Crippen LogP) is 4.01. The Morgan fingerprint density at radius 1 is 1.10 bits per heavy atom. The van der Waals surface area contributed by atoms with E-state index in [4.69, 9.17) is 0 Å². The summed E-state index contributed by atoms with van der Waals surface area (Å²) in [7, 11) is 0. The van der Waals surface area contributed by atoms with Gasteiger partial charge in [-0.15, -0.1) is 0 Å². The van der Waals surface area contributed by atoms with E-state index in [9.17, 15) is 0 Å². The maximum Gasteiger partial charge on any atom is 0.155 e. The molecule has 0 aliphatic heterocycles. The molecule has 0 spiro atoms. The highest BCUT2D eigenvalue weighted by atomic mass is 15.1. The van der Waals surface area contributed by atoms with Crippen LogP contribution in [0.25, 0.3) is 5.69 Å². The molecule has 0 bridgehead atoms. The number of nitrogens with zero attached hydrogens (tertiary/aromatic N) is 3. The van der Waals surface area contributed by atoms with E-state index in [1.807, 2.05) is 18.6 Å². The molecule has 1 aromatic heterocycles. The summed E-state index contributed by atoms with van der Waals surface area (Å²) in [4.78, 5) is 8.97. The minimum absolute atomic E-state index is 0.0891. The molecule has 106 valence electrons. The van der Waals surface area contributed by atoms with Crippen molar-refractivity contribution in [3.63, 3.8) is 0 Å². The fourth-order valence-electron chi connectivity index (χ4n) is 2.40. The Balaban J connectivity index is 2.51. The lowest BCUT2D eigenvalue weighted by atomic mass is 10.0. The number of benzene rings is 1. The molecular formula is C17H23N3. The Hall–Kier alpha value is -1.90. The van der Waals surface area contributed by atoms with E-state index in [0.29, 0.717) is 0 Å². The van der Waals surface area contributed by atoms with Crippen LogP contribution < -0.4 is 0 Å². The number of rotatable bonds is 2. The standard InChI is InChI=1S/C17H23N3/c1-12-9-13(2)16(14(3)10-12)20-8-7-18-15(20)11-19-17(4,5)6/h7-11H,1-6H3. The van der Waals surface area contributed by atoms with E-state index in [1.165, 1.54) is 22.4 Å². The predicted molar refractivity (Wildman–Crippen MR) is 85.1 cm³/mol. The number of aliphatic imine (C=N–C) groups is 1. The van der Waals surface area contributed by atoms with Crippen molar-refractivity contribution in [2.45, 2.75) is 47.1 Å². The SMILES string of the molecule is Cc1cc(C)c(-n2ccnc2C=NC(C)(C)C)c(C)c1. The van der Waals surface area contributed by atoms with Crippen LogP contribution in [0.15, 0.2) is 29.5 Å². The van der Waals surface area contributed by atoms with E-state index < -0.39 is 0 Å². The molecule has 0 atom stereocenters. The van der Waals surface area contributed by atoms with Gasteiger partial charge in [-0.1, -0.05) is 17.7 Å². The van der Waals surface area contributed by atoms with Crippen LogP contribution in [0.5, 0.6) is 0 Å². The van der Waals surface area contributed by atoms with Gasteiger partial charge < -0.3 is 0 Å². The van der Waals surface area contributed by atoms with Gasteiger partial charge in [-0.2, -0.15) is 0 Å². The Bertz CT molecular complexity index is 619. The van der Waals surface area contributed by atoms with Crippen LogP contribution >= 0.6 is 0 Å². The van der Waals surface area contributed by atoms with Crippen LogP contribution in [0.4, 0.5) is 0 Å². The van der Waals surface area contributed by atoms with Crippen LogP contribution in [0.2, 0.25) is 0 Å².